The molecular formula is C28H20Cl2F4N4O8S2. The molecule has 254 valence electrons. The molecule has 0 spiro atoms. The predicted molar refractivity (Wildman–Crippen MR) is 167 cm³/mol. The van der Waals surface area contributed by atoms with Gasteiger partial charge in [0.15, 0.2) is 0 Å². The number of alkyl halides is 3. The van der Waals surface area contributed by atoms with Gasteiger partial charge in [0, 0.05) is 30.1 Å². The molecule has 4 aromatic rings. The Balaban J connectivity index is 0.000000217. The van der Waals surface area contributed by atoms with Gasteiger partial charge in [0.25, 0.3) is 5.69 Å². The van der Waals surface area contributed by atoms with Crippen LogP contribution in [0, 0.1) is 15.9 Å². The summed E-state index contributed by atoms with van der Waals surface area (Å²) in [5.74, 6) is -3.63. The maximum Gasteiger partial charge on any atom is 0.416 e. The molecule has 0 amide bonds. The molecule has 1 aromatic heterocycles. The van der Waals surface area contributed by atoms with E-state index in [0.29, 0.717) is 28.9 Å². The van der Waals surface area contributed by atoms with Crippen molar-refractivity contribution >= 4 is 69.6 Å². The van der Waals surface area contributed by atoms with Crippen LogP contribution in [-0.2, 0) is 24.1 Å². The number of rotatable bonds is 8. The molecular weight excluding hydrogens is 731 g/mol. The molecule has 0 bridgehead atoms. The number of carboxylic acid groups (broad SMARTS) is 2. The molecule has 0 fully saturated rings. The van der Waals surface area contributed by atoms with E-state index in [2.05, 4.69) is 4.99 Å². The third kappa shape index (κ3) is 8.94. The fourth-order valence-electron chi connectivity index (χ4n) is 4.17. The number of halogens is 6. The van der Waals surface area contributed by atoms with E-state index in [1.807, 2.05) is 0 Å². The third-order valence-electron chi connectivity index (χ3n) is 6.34. The molecule has 1 aliphatic heterocycles. The Morgan fingerprint density at radius 3 is 2.33 bits per heavy atom. The molecule has 1 aliphatic rings. The SMILES string of the molecule is O=C(O)CSc1cc(N=c2sc(=O)n3n2CCCC3)c(F)cc1Cl.O=C(O)c1cc(Oc2ccc(C(F)(F)F)cc2Cl)ccc1[N+](=O)[O-]. The first-order valence-corrected chi connectivity index (χ1v) is 15.9. The monoisotopic (exact) mass is 750 g/mol. The quantitative estimate of drug-likeness (QED) is 0.0804. The normalized spacial score (nSPS) is 12.9. The van der Waals surface area contributed by atoms with Crippen molar-refractivity contribution in [3.8, 4) is 11.5 Å². The molecule has 48 heavy (non-hydrogen) atoms. The summed E-state index contributed by atoms with van der Waals surface area (Å²) in [5, 5.41) is 28.3. The minimum Gasteiger partial charge on any atom is -0.481 e. The van der Waals surface area contributed by atoms with E-state index >= 15 is 0 Å². The van der Waals surface area contributed by atoms with Crippen LogP contribution in [0.2, 0.25) is 10.0 Å². The van der Waals surface area contributed by atoms with Crippen molar-refractivity contribution in [1.29, 1.82) is 0 Å². The molecule has 2 N–H and O–H groups in total. The minimum atomic E-state index is -4.58. The van der Waals surface area contributed by atoms with Gasteiger partial charge in [-0.05, 0) is 60.6 Å². The predicted octanol–water partition coefficient (Wildman–Crippen LogP) is 7.46. The van der Waals surface area contributed by atoms with E-state index in [-0.39, 0.29) is 37.9 Å². The molecule has 12 nitrogen and oxygen atoms in total. The lowest BCUT2D eigenvalue weighted by molar-refractivity contribution is -0.385. The van der Waals surface area contributed by atoms with Gasteiger partial charge in [-0.3, -0.25) is 24.4 Å². The van der Waals surface area contributed by atoms with Gasteiger partial charge in [-0.25, -0.2) is 18.9 Å². The van der Waals surface area contributed by atoms with Crippen molar-refractivity contribution in [2.24, 2.45) is 4.99 Å². The van der Waals surface area contributed by atoms with Crippen molar-refractivity contribution in [1.82, 2.24) is 9.36 Å². The highest BCUT2D eigenvalue weighted by Gasteiger charge is 2.31. The van der Waals surface area contributed by atoms with Crippen LogP contribution in [0.5, 0.6) is 11.5 Å². The number of benzene rings is 3. The molecule has 0 atom stereocenters. The molecule has 2 heterocycles. The number of aromatic carboxylic acids is 1. The highest BCUT2D eigenvalue weighted by atomic mass is 35.5. The number of hydrogen-bond donors (Lipinski definition) is 2. The standard InChI is InChI=1S/C14H7ClF3NO5.C14H13ClFN3O3S2/c15-10-5-7(14(16,17)18)1-4-12(10)24-8-2-3-11(19(22)23)9(6-8)13(20)21;15-8-5-9(16)10(6-11(8)23-7-12(20)21)17-13-18-3-1-2-4-19(18)14(22)24-13/h1-6H,(H,20,21);5-6H,1-4,7H2,(H,20,21). The van der Waals surface area contributed by atoms with Crippen molar-refractivity contribution in [3.63, 3.8) is 0 Å². The van der Waals surface area contributed by atoms with E-state index in [0.717, 1.165) is 72.3 Å². The van der Waals surface area contributed by atoms with Crippen molar-refractivity contribution < 1.29 is 47.0 Å². The van der Waals surface area contributed by atoms with Gasteiger partial charge >= 0.3 is 23.0 Å². The van der Waals surface area contributed by atoms with Gasteiger partial charge in [0.05, 0.1) is 26.3 Å². The number of aromatic nitrogens is 2. The minimum absolute atomic E-state index is 0.0370. The smallest absolute Gasteiger partial charge is 0.416 e. The van der Waals surface area contributed by atoms with Crippen molar-refractivity contribution in [3.05, 3.63) is 100 Å². The number of hydrogen-bond acceptors (Lipinski definition) is 9. The van der Waals surface area contributed by atoms with Gasteiger partial charge in [-0.15, -0.1) is 11.8 Å². The molecule has 0 unspecified atom stereocenters. The van der Waals surface area contributed by atoms with Crippen LogP contribution in [-0.4, -0.2) is 42.2 Å². The maximum atomic E-state index is 14.2. The highest BCUT2D eigenvalue weighted by molar-refractivity contribution is 8.00. The summed E-state index contributed by atoms with van der Waals surface area (Å²) in [6.07, 6.45) is -2.71. The fraction of sp³-hybridized carbons (Fsp3) is 0.214. The maximum absolute atomic E-state index is 14.2. The van der Waals surface area contributed by atoms with Gasteiger partial charge in [0.1, 0.15) is 28.6 Å². The third-order valence-corrected chi connectivity index (χ3v) is 8.97. The van der Waals surface area contributed by atoms with E-state index in [1.54, 1.807) is 9.36 Å². The van der Waals surface area contributed by atoms with Crippen LogP contribution in [0.4, 0.5) is 28.9 Å². The number of thioether (sulfide) groups is 1. The summed E-state index contributed by atoms with van der Waals surface area (Å²) in [6.45, 7) is 1.29. The average Bonchev–Trinajstić information content (AvgIpc) is 3.33. The topological polar surface area (TPSA) is 166 Å². The lowest BCUT2D eigenvalue weighted by Crippen LogP contribution is -2.31. The molecule has 0 saturated carbocycles. The number of carbonyl (C=O) groups is 2. The Morgan fingerprint density at radius 2 is 1.73 bits per heavy atom. The molecule has 0 aliphatic carbocycles. The van der Waals surface area contributed by atoms with Crippen molar-refractivity contribution in [2.75, 3.05) is 5.75 Å². The summed E-state index contributed by atoms with van der Waals surface area (Å²) in [5.41, 5.74) is -2.21. The molecule has 3 aromatic carbocycles. The van der Waals surface area contributed by atoms with Crippen LogP contribution in [0.1, 0.15) is 28.8 Å². The largest absolute Gasteiger partial charge is 0.481 e. The van der Waals surface area contributed by atoms with Crippen molar-refractivity contribution in [2.45, 2.75) is 37.0 Å². The first-order chi connectivity index (χ1) is 22.5. The summed E-state index contributed by atoms with van der Waals surface area (Å²) in [4.78, 5) is 48.6. The summed E-state index contributed by atoms with van der Waals surface area (Å²) < 4.78 is 60.4. The zero-order chi connectivity index (χ0) is 35.3. The average molecular weight is 752 g/mol. The van der Waals surface area contributed by atoms with Gasteiger partial charge in [0.2, 0.25) is 4.80 Å². The van der Waals surface area contributed by atoms with Crippen LogP contribution in [0.15, 0.2) is 63.2 Å². The van der Waals surface area contributed by atoms with Gasteiger partial charge < -0.3 is 14.9 Å². The second-order valence-electron chi connectivity index (χ2n) is 9.62. The lowest BCUT2D eigenvalue weighted by atomic mass is 10.1. The van der Waals surface area contributed by atoms with Gasteiger partial charge in [-0.2, -0.15) is 13.2 Å². The highest BCUT2D eigenvalue weighted by Crippen LogP contribution is 2.37. The number of fused-ring (bicyclic) bond motifs is 1. The Labute approximate surface area is 284 Å². The van der Waals surface area contributed by atoms with E-state index in [9.17, 15) is 42.1 Å². The van der Waals surface area contributed by atoms with E-state index < -0.39 is 45.7 Å². The number of nitro groups is 1. The van der Waals surface area contributed by atoms with Crippen LogP contribution in [0.3, 0.4) is 0 Å². The van der Waals surface area contributed by atoms with Crippen LogP contribution >= 0.6 is 46.3 Å². The van der Waals surface area contributed by atoms with Crippen LogP contribution < -0.4 is 14.4 Å². The Morgan fingerprint density at radius 1 is 1.04 bits per heavy atom. The zero-order valence-electron chi connectivity index (χ0n) is 23.9. The van der Waals surface area contributed by atoms with Gasteiger partial charge in [-0.1, -0.05) is 23.2 Å². The number of nitrogens with zero attached hydrogens (tertiary/aromatic N) is 4. The second-order valence-corrected chi connectivity index (χ2v) is 12.4. The molecule has 0 saturated heterocycles. The zero-order valence-corrected chi connectivity index (χ0v) is 27.0. The lowest BCUT2D eigenvalue weighted by Gasteiger charge is -2.15. The number of aliphatic carboxylic acids is 1. The summed E-state index contributed by atoms with van der Waals surface area (Å²) in [6, 6.07) is 7.79. The first-order valence-electron chi connectivity index (χ1n) is 13.3. The van der Waals surface area contributed by atoms with E-state index in [4.69, 9.17) is 38.2 Å². The number of ether oxygens (including phenoxy) is 1. The summed E-state index contributed by atoms with van der Waals surface area (Å²) in [7, 11) is 0. The Kier molecular flexibility index (Phi) is 11.6. The van der Waals surface area contributed by atoms with Crippen LogP contribution in [0.25, 0.3) is 0 Å². The molecule has 5 rings (SSSR count). The Hall–Kier alpha value is -4.39. The Bertz CT molecular complexity index is 2030. The molecule has 0 radical (unpaired) electrons. The molecule has 20 heteroatoms. The number of nitro benzene ring substituents is 1. The van der Waals surface area contributed by atoms with E-state index in [1.165, 1.54) is 6.07 Å². The fourth-order valence-corrected chi connectivity index (χ4v) is 6.27. The second kappa shape index (κ2) is 15.2. The summed E-state index contributed by atoms with van der Waals surface area (Å²) >= 11 is 13.6. The first kappa shape index (κ1) is 36.4. The number of carboxylic acids is 2.